The second kappa shape index (κ2) is 9.82. The highest BCUT2D eigenvalue weighted by Crippen LogP contribution is 2.16. The van der Waals surface area contributed by atoms with Gasteiger partial charge in [0.05, 0.1) is 5.75 Å². The van der Waals surface area contributed by atoms with Gasteiger partial charge < -0.3 is 9.64 Å². The van der Waals surface area contributed by atoms with E-state index in [1.165, 1.54) is 16.3 Å². The maximum Gasteiger partial charge on any atom is 0.241 e. The quantitative estimate of drug-likeness (QED) is 0.515. The van der Waals surface area contributed by atoms with Crippen molar-refractivity contribution in [2.45, 2.75) is 18.1 Å². The lowest BCUT2D eigenvalue weighted by molar-refractivity contribution is -0.131. The van der Waals surface area contributed by atoms with Crippen molar-refractivity contribution in [1.82, 2.24) is 9.21 Å². The molecule has 0 radical (unpaired) electrons. The van der Waals surface area contributed by atoms with Gasteiger partial charge in [0.25, 0.3) is 0 Å². The molecule has 8 nitrogen and oxygen atoms in total. The fourth-order valence-electron chi connectivity index (χ4n) is 3.16. The Hall–Kier alpha value is -1.49. The van der Waals surface area contributed by atoms with Crippen LogP contribution < -0.4 is 0 Å². The van der Waals surface area contributed by atoms with Gasteiger partial charge in [-0.05, 0) is 18.4 Å². The summed E-state index contributed by atoms with van der Waals surface area (Å²) in [4.78, 5) is 14.3. The number of sulfone groups is 1. The number of hydrogen-bond acceptors (Lipinski definition) is 6. The number of amides is 1. The van der Waals surface area contributed by atoms with E-state index in [-0.39, 0.29) is 38.4 Å². The highest BCUT2D eigenvalue weighted by molar-refractivity contribution is 7.92. The number of piperazine rings is 1. The molecule has 0 N–H and O–H groups in total. The Labute approximate surface area is 167 Å². The predicted molar refractivity (Wildman–Crippen MR) is 107 cm³/mol. The number of carbonyl (C=O) groups excluding carboxylic acids is 1. The van der Waals surface area contributed by atoms with Crippen molar-refractivity contribution >= 4 is 25.8 Å². The molecule has 1 heterocycles. The lowest BCUT2D eigenvalue weighted by Gasteiger charge is -2.35. The summed E-state index contributed by atoms with van der Waals surface area (Å²) in [5, 5.41) is -1.17. The van der Waals surface area contributed by atoms with Gasteiger partial charge in [-0.25, -0.2) is 16.8 Å². The van der Waals surface area contributed by atoms with Gasteiger partial charge in [0.15, 0.2) is 9.84 Å². The molecule has 1 aliphatic rings. The largest absolute Gasteiger partial charge is 0.385 e. The molecule has 1 aromatic rings. The summed E-state index contributed by atoms with van der Waals surface area (Å²) >= 11 is 0. The van der Waals surface area contributed by atoms with Crippen molar-refractivity contribution in [2.24, 2.45) is 0 Å². The van der Waals surface area contributed by atoms with Crippen LogP contribution in [0.2, 0.25) is 0 Å². The number of benzene rings is 1. The third kappa shape index (κ3) is 6.26. The van der Waals surface area contributed by atoms with Gasteiger partial charge in [-0.3, -0.25) is 4.79 Å². The van der Waals surface area contributed by atoms with E-state index in [1.54, 1.807) is 24.3 Å². The second-order valence-electron chi connectivity index (χ2n) is 6.89. The summed E-state index contributed by atoms with van der Waals surface area (Å²) in [5.41, 5.74) is 0.769. The number of sulfonamides is 1. The van der Waals surface area contributed by atoms with Crippen LogP contribution in [-0.2, 0) is 35.8 Å². The first kappa shape index (κ1) is 22.8. The average Bonchev–Trinajstić information content (AvgIpc) is 2.66. The minimum absolute atomic E-state index is 0.00520. The van der Waals surface area contributed by atoms with Gasteiger partial charge in [-0.15, -0.1) is 0 Å². The van der Waals surface area contributed by atoms with E-state index in [2.05, 4.69) is 0 Å². The molecule has 1 saturated heterocycles. The third-order valence-electron chi connectivity index (χ3n) is 4.75. The van der Waals surface area contributed by atoms with E-state index in [0.717, 1.165) is 11.8 Å². The van der Waals surface area contributed by atoms with E-state index >= 15 is 0 Å². The maximum absolute atomic E-state index is 12.9. The van der Waals surface area contributed by atoms with Crippen LogP contribution in [0.25, 0.3) is 0 Å². The SMILES string of the molecule is COCCCS(=O)(=O)N1CCN(C(=O)C(Cc2ccccc2)S(C)(=O)=O)CC1. The Bertz CT molecular complexity index is 847. The molecule has 0 saturated carbocycles. The number of hydrogen-bond donors (Lipinski definition) is 0. The normalized spacial score (nSPS) is 17.4. The number of rotatable bonds is 9. The molecule has 2 rings (SSSR count). The Kier molecular flexibility index (Phi) is 7.99. The van der Waals surface area contributed by atoms with Gasteiger partial charge in [0.2, 0.25) is 15.9 Å². The minimum Gasteiger partial charge on any atom is -0.385 e. The molecule has 158 valence electrons. The molecule has 28 heavy (non-hydrogen) atoms. The van der Waals surface area contributed by atoms with Crippen molar-refractivity contribution in [3.05, 3.63) is 35.9 Å². The standard InChI is InChI=1S/C18H28N2O6S2/c1-26-13-6-14-28(24,25)20-11-9-19(10-12-20)18(21)17(27(2,22)23)15-16-7-4-3-5-8-16/h3-5,7-8,17H,6,9-15H2,1-2H3. The molecule has 1 atom stereocenters. The number of methoxy groups -OCH3 is 1. The molecule has 0 aromatic heterocycles. The Morgan fingerprint density at radius 2 is 1.68 bits per heavy atom. The van der Waals surface area contributed by atoms with Crippen molar-refractivity contribution in [2.75, 3.05) is 51.9 Å². The molecule has 1 aliphatic heterocycles. The van der Waals surface area contributed by atoms with Crippen LogP contribution in [0.1, 0.15) is 12.0 Å². The van der Waals surface area contributed by atoms with E-state index < -0.39 is 31.0 Å². The first-order valence-electron chi connectivity index (χ1n) is 9.13. The lowest BCUT2D eigenvalue weighted by Crippen LogP contribution is -2.54. The van der Waals surface area contributed by atoms with Gasteiger partial charge in [-0.2, -0.15) is 4.31 Å². The third-order valence-corrected chi connectivity index (χ3v) is 8.11. The molecule has 0 aliphatic carbocycles. The molecule has 10 heteroatoms. The second-order valence-corrected chi connectivity index (χ2v) is 11.2. The van der Waals surface area contributed by atoms with Crippen molar-refractivity contribution in [3.8, 4) is 0 Å². The van der Waals surface area contributed by atoms with E-state index in [9.17, 15) is 21.6 Å². The molecule has 1 aromatic carbocycles. The zero-order valence-corrected chi connectivity index (χ0v) is 17.9. The Balaban J connectivity index is 2.02. The lowest BCUT2D eigenvalue weighted by atomic mass is 10.1. The zero-order valence-electron chi connectivity index (χ0n) is 16.3. The van der Waals surface area contributed by atoms with Crippen LogP contribution in [0, 0.1) is 0 Å². The average molecular weight is 433 g/mol. The predicted octanol–water partition coefficient (Wildman–Crippen LogP) is 0.153. The monoisotopic (exact) mass is 432 g/mol. The van der Waals surface area contributed by atoms with Crippen LogP contribution in [0.3, 0.4) is 0 Å². The van der Waals surface area contributed by atoms with Crippen LogP contribution in [0.5, 0.6) is 0 Å². The van der Waals surface area contributed by atoms with Gasteiger partial charge >= 0.3 is 0 Å². The molecular weight excluding hydrogens is 404 g/mol. The topological polar surface area (TPSA) is 101 Å². The molecular formula is C18H28N2O6S2. The maximum atomic E-state index is 12.9. The van der Waals surface area contributed by atoms with Crippen LogP contribution >= 0.6 is 0 Å². The summed E-state index contributed by atoms with van der Waals surface area (Å²) in [7, 11) is -5.49. The van der Waals surface area contributed by atoms with E-state index in [4.69, 9.17) is 4.74 Å². The fourth-order valence-corrected chi connectivity index (χ4v) is 5.63. The van der Waals surface area contributed by atoms with Crippen LogP contribution in [-0.4, -0.2) is 89.1 Å². The molecule has 1 amide bonds. The summed E-state index contributed by atoms with van der Waals surface area (Å²) in [6.45, 7) is 1.07. The van der Waals surface area contributed by atoms with E-state index in [0.29, 0.717) is 13.0 Å². The first-order valence-corrected chi connectivity index (χ1v) is 12.7. The summed E-state index contributed by atoms with van der Waals surface area (Å²) in [6.07, 6.45) is 1.58. The van der Waals surface area contributed by atoms with Gasteiger partial charge in [0.1, 0.15) is 5.25 Å². The summed E-state index contributed by atoms with van der Waals surface area (Å²) < 4.78 is 55.4. The van der Waals surface area contributed by atoms with E-state index in [1.807, 2.05) is 6.07 Å². The summed E-state index contributed by atoms with van der Waals surface area (Å²) in [5.74, 6) is -0.475. The zero-order chi connectivity index (χ0) is 20.8. The van der Waals surface area contributed by atoms with Gasteiger partial charge in [0, 0.05) is 46.2 Å². The van der Waals surface area contributed by atoms with Crippen molar-refractivity contribution < 1.29 is 26.4 Å². The van der Waals surface area contributed by atoms with Crippen LogP contribution in [0.15, 0.2) is 30.3 Å². The van der Waals surface area contributed by atoms with Crippen molar-refractivity contribution in [1.29, 1.82) is 0 Å². The summed E-state index contributed by atoms with van der Waals surface area (Å²) in [6, 6.07) is 9.00. The Morgan fingerprint density at radius 1 is 1.07 bits per heavy atom. The minimum atomic E-state index is -3.61. The van der Waals surface area contributed by atoms with Gasteiger partial charge in [-0.1, -0.05) is 30.3 Å². The molecule has 0 spiro atoms. The Morgan fingerprint density at radius 3 is 2.21 bits per heavy atom. The number of nitrogens with zero attached hydrogens (tertiary/aromatic N) is 2. The highest BCUT2D eigenvalue weighted by Gasteiger charge is 2.36. The fraction of sp³-hybridized carbons (Fsp3) is 0.611. The molecule has 0 bridgehead atoms. The van der Waals surface area contributed by atoms with Crippen LogP contribution in [0.4, 0.5) is 0 Å². The number of ether oxygens (including phenoxy) is 1. The first-order chi connectivity index (χ1) is 13.1. The smallest absolute Gasteiger partial charge is 0.241 e. The molecule has 1 unspecified atom stereocenters. The van der Waals surface area contributed by atoms with Crippen molar-refractivity contribution in [3.63, 3.8) is 0 Å². The number of carbonyl (C=O) groups is 1. The molecule has 1 fully saturated rings. The highest BCUT2D eigenvalue weighted by atomic mass is 32.2.